The maximum Gasteiger partial charge on any atom is 0.241 e. The van der Waals surface area contributed by atoms with Gasteiger partial charge in [0, 0.05) is 6.07 Å². The van der Waals surface area contributed by atoms with Gasteiger partial charge in [-0.25, -0.2) is 0 Å². The SMILES string of the molecule is COc1ccc(Cl)c(NC(=O)C2CC(C)CCN2)c1. The Morgan fingerprint density at radius 2 is 2.32 bits per heavy atom. The number of anilines is 1. The molecule has 1 aliphatic heterocycles. The molecule has 0 spiro atoms. The number of amides is 1. The summed E-state index contributed by atoms with van der Waals surface area (Å²) in [6, 6.07) is 5.06. The van der Waals surface area contributed by atoms with Crippen LogP contribution in [0.2, 0.25) is 5.02 Å². The molecule has 4 nitrogen and oxygen atoms in total. The normalized spacial score (nSPS) is 22.9. The van der Waals surface area contributed by atoms with E-state index in [1.54, 1.807) is 25.3 Å². The van der Waals surface area contributed by atoms with Crippen molar-refractivity contribution in [2.45, 2.75) is 25.8 Å². The van der Waals surface area contributed by atoms with Crippen molar-refractivity contribution in [2.24, 2.45) is 5.92 Å². The number of piperidine rings is 1. The van der Waals surface area contributed by atoms with Gasteiger partial charge in [0.2, 0.25) is 5.91 Å². The molecule has 104 valence electrons. The number of halogens is 1. The van der Waals surface area contributed by atoms with Crippen LogP contribution < -0.4 is 15.4 Å². The first kappa shape index (κ1) is 14.2. The summed E-state index contributed by atoms with van der Waals surface area (Å²) in [5.41, 5.74) is 0.589. The van der Waals surface area contributed by atoms with Crippen molar-refractivity contribution in [2.75, 3.05) is 19.0 Å². The first-order valence-corrected chi connectivity index (χ1v) is 6.85. The number of benzene rings is 1. The monoisotopic (exact) mass is 282 g/mol. The number of hydrogen-bond acceptors (Lipinski definition) is 3. The highest BCUT2D eigenvalue weighted by Gasteiger charge is 2.24. The molecule has 19 heavy (non-hydrogen) atoms. The Bertz CT molecular complexity index is 465. The van der Waals surface area contributed by atoms with Gasteiger partial charge in [-0.1, -0.05) is 18.5 Å². The van der Waals surface area contributed by atoms with Gasteiger partial charge >= 0.3 is 0 Å². The second kappa shape index (κ2) is 6.26. The quantitative estimate of drug-likeness (QED) is 0.896. The van der Waals surface area contributed by atoms with E-state index in [1.165, 1.54) is 0 Å². The lowest BCUT2D eigenvalue weighted by atomic mass is 9.94. The highest BCUT2D eigenvalue weighted by molar-refractivity contribution is 6.33. The van der Waals surface area contributed by atoms with Gasteiger partial charge < -0.3 is 15.4 Å². The van der Waals surface area contributed by atoms with Crippen LogP contribution in [0.25, 0.3) is 0 Å². The molecule has 2 N–H and O–H groups in total. The Kier molecular flexibility index (Phi) is 4.66. The third-order valence-electron chi connectivity index (χ3n) is 3.41. The molecule has 0 saturated carbocycles. The first-order valence-electron chi connectivity index (χ1n) is 6.48. The Balaban J connectivity index is 2.05. The molecule has 1 aliphatic rings. The smallest absolute Gasteiger partial charge is 0.241 e. The van der Waals surface area contributed by atoms with Crippen LogP contribution >= 0.6 is 11.6 Å². The van der Waals surface area contributed by atoms with E-state index in [-0.39, 0.29) is 11.9 Å². The van der Waals surface area contributed by atoms with Crippen molar-refractivity contribution in [1.82, 2.24) is 5.32 Å². The van der Waals surface area contributed by atoms with Crippen LogP contribution in [0.4, 0.5) is 5.69 Å². The van der Waals surface area contributed by atoms with Gasteiger partial charge in [-0.15, -0.1) is 0 Å². The molecule has 1 amide bonds. The first-order chi connectivity index (χ1) is 9.10. The van der Waals surface area contributed by atoms with Crippen LogP contribution in [0.1, 0.15) is 19.8 Å². The number of carbonyl (C=O) groups is 1. The summed E-state index contributed by atoms with van der Waals surface area (Å²) in [5.74, 6) is 1.20. The standard InChI is InChI=1S/C14H19ClN2O2/c1-9-5-6-16-13(7-9)14(18)17-12-8-10(19-2)3-4-11(12)15/h3-4,8-9,13,16H,5-7H2,1-2H3,(H,17,18). The topological polar surface area (TPSA) is 50.4 Å². The summed E-state index contributed by atoms with van der Waals surface area (Å²) in [6.07, 6.45) is 1.97. The molecular weight excluding hydrogens is 264 g/mol. The molecule has 2 atom stereocenters. The van der Waals surface area contributed by atoms with E-state index in [9.17, 15) is 4.79 Å². The fourth-order valence-corrected chi connectivity index (χ4v) is 2.42. The van der Waals surface area contributed by atoms with E-state index in [2.05, 4.69) is 17.6 Å². The van der Waals surface area contributed by atoms with Crippen LogP contribution in [0.15, 0.2) is 18.2 Å². The van der Waals surface area contributed by atoms with E-state index < -0.39 is 0 Å². The molecule has 1 fully saturated rings. The number of hydrogen-bond donors (Lipinski definition) is 2. The van der Waals surface area contributed by atoms with E-state index in [4.69, 9.17) is 16.3 Å². The number of carbonyl (C=O) groups excluding carboxylic acids is 1. The van der Waals surface area contributed by atoms with Crippen LogP contribution in [-0.2, 0) is 4.79 Å². The van der Waals surface area contributed by atoms with E-state index in [0.29, 0.717) is 22.4 Å². The molecule has 1 heterocycles. The lowest BCUT2D eigenvalue weighted by Crippen LogP contribution is -2.45. The van der Waals surface area contributed by atoms with Gasteiger partial charge in [0.05, 0.1) is 23.9 Å². The molecule has 0 aromatic heterocycles. The second-order valence-corrected chi connectivity index (χ2v) is 5.38. The Labute approximate surface area is 118 Å². The molecule has 2 unspecified atom stereocenters. The zero-order valence-electron chi connectivity index (χ0n) is 11.2. The van der Waals surface area contributed by atoms with Crippen molar-refractivity contribution in [1.29, 1.82) is 0 Å². The van der Waals surface area contributed by atoms with Crippen LogP contribution in [-0.4, -0.2) is 25.6 Å². The summed E-state index contributed by atoms with van der Waals surface area (Å²) in [7, 11) is 1.58. The highest BCUT2D eigenvalue weighted by atomic mass is 35.5. The van der Waals surface area contributed by atoms with Gasteiger partial charge in [-0.05, 0) is 37.4 Å². The molecule has 1 saturated heterocycles. The van der Waals surface area contributed by atoms with E-state index in [1.807, 2.05) is 0 Å². The Morgan fingerprint density at radius 1 is 1.53 bits per heavy atom. The Morgan fingerprint density at radius 3 is 3.00 bits per heavy atom. The van der Waals surface area contributed by atoms with Crippen molar-refractivity contribution >= 4 is 23.2 Å². The van der Waals surface area contributed by atoms with Crippen molar-refractivity contribution < 1.29 is 9.53 Å². The third kappa shape index (κ3) is 3.61. The molecular formula is C14H19ClN2O2. The van der Waals surface area contributed by atoms with E-state index in [0.717, 1.165) is 19.4 Å². The summed E-state index contributed by atoms with van der Waals surface area (Å²) in [6.45, 7) is 3.05. The molecule has 2 rings (SSSR count). The summed E-state index contributed by atoms with van der Waals surface area (Å²) in [4.78, 5) is 12.2. The highest BCUT2D eigenvalue weighted by Crippen LogP contribution is 2.27. The molecule has 0 aliphatic carbocycles. The Hall–Kier alpha value is -1.26. The number of rotatable bonds is 3. The van der Waals surface area contributed by atoms with Gasteiger partial charge in [-0.2, -0.15) is 0 Å². The number of methoxy groups -OCH3 is 1. The van der Waals surface area contributed by atoms with Gasteiger partial charge in [0.25, 0.3) is 0 Å². The summed E-state index contributed by atoms with van der Waals surface area (Å²) < 4.78 is 5.13. The molecule has 1 aromatic rings. The molecule has 1 aromatic carbocycles. The average Bonchev–Trinajstić information content (AvgIpc) is 2.41. The molecule has 0 bridgehead atoms. The third-order valence-corrected chi connectivity index (χ3v) is 3.74. The number of nitrogens with one attached hydrogen (secondary N) is 2. The maximum absolute atomic E-state index is 12.2. The predicted octanol–water partition coefficient (Wildman–Crippen LogP) is 2.68. The summed E-state index contributed by atoms with van der Waals surface area (Å²) >= 11 is 6.07. The van der Waals surface area contributed by atoms with Gasteiger partial charge in [0.1, 0.15) is 5.75 Å². The van der Waals surface area contributed by atoms with Gasteiger partial charge in [0.15, 0.2) is 0 Å². The maximum atomic E-state index is 12.2. The van der Waals surface area contributed by atoms with Crippen molar-refractivity contribution in [3.05, 3.63) is 23.2 Å². The minimum Gasteiger partial charge on any atom is -0.497 e. The van der Waals surface area contributed by atoms with Crippen molar-refractivity contribution in [3.8, 4) is 5.75 Å². The predicted molar refractivity (Wildman–Crippen MR) is 76.8 cm³/mol. The average molecular weight is 283 g/mol. The molecule has 0 radical (unpaired) electrons. The molecule has 5 heteroatoms. The summed E-state index contributed by atoms with van der Waals surface area (Å²) in [5, 5.41) is 6.61. The van der Waals surface area contributed by atoms with Crippen LogP contribution in [0.5, 0.6) is 5.75 Å². The lowest BCUT2D eigenvalue weighted by molar-refractivity contribution is -0.119. The second-order valence-electron chi connectivity index (χ2n) is 4.97. The van der Waals surface area contributed by atoms with Gasteiger partial charge in [-0.3, -0.25) is 4.79 Å². The minimum atomic E-state index is -0.147. The van der Waals surface area contributed by atoms with E-state index >= 15 is 0 Å². The van der Waals surface area contributed by atoms with Crippen molar-refractivity contribution in [3.63, 3.8) is 0 Å². The van der Waals surface area contributed by atoms with Crippen LogP contribution in [0, 0.1) is 5.92 Å². The fraction of sp³-hybridized carbons (Fsp3) is 0.500. The zero-order chi connectivity index (χ0) is 13.8. The van der Waals surface area contributed by atoms with Crippen LogP contribution in [0.3, 0.4) is 0 Å². The lowest BCUT2D eigenvalue weighted by Gasteiger charge is -2.27. The fourth-order valence-electron chi connectivity index (χ4n) is 2.25. The minimum absolute atomic E-state index is 0.0401. The number of ether oxygens (including phenoxy) is 1. The zero-order valence-corrected chi connectivity index (χ0v) is 12.0. The largest absolute Gasteiger partial charge is 0.497 e.